The molecule has 3 rings (SSSR count). The number of likely N-dealkylation sites (tertiary alicyclic amines) is 1. The van der Waals surface area contributed by atoms with Gasteiger partial charge < -0.3 is 15.0 Å². The minimum absolute atomic E-state index is 0.0884. The summed E-state index contributed by atoms with van der Waals surface area (Å²) in [6.07, 6.45) is 4.87. The molecule has 6 heteroatoms. The Bertz CT molecular complexity index is 695. The molecule has 1 aromatic rings. The van der Waals surface area contributed by atoms with Crippen LogP contribution >= 0.6 is 0 Å². The van der Waals surface area contributed by atoms with Crippen LogP contribution in [0.1, 0.15) is 50.2 Å². The lowest BCUT2D eigenvalue weighted by Crippen LogP contribution is -2.44. The molecule has 6 nitrogen and oxygen atoms in total. The standard InChI is InChI=1S/C24H37N3O3/c1-19-6-3-4-7-22(19)17-26-13-10-21(11-14-26)16-27(18-23-8-5-15-30-23)24(29)9-12-25-20(2)28/h3-4,6-7,21,23H,5,8-18H2,1-2H3,(H,25,28)/t23-/m0/s1. The molecular weight excluding hydrogens is 378 g/mol. The smallest absolute Gasteiger partial charge is 0.224 e. The molecule has 2 aliphatic rings. The zero-order valence-corrected chi connectivity index (χ0v) is 18.6. The lowest BCUT2D eigenvalue weighted by molar-refractivity contribution is -0.133. The van der Waals surface area contributed by atoms with E-state index < -0.39 is 0 Å². The average Bonchev–Trinajstić information content (AvgIpc) is 3.23. The summed E-state index contributed by atoms with van der Waals surface area (Å²) < 4.78 is 5.79. The van der Waals surface area contributed by atoms with E-state index in [1.807, 2.05) is 4.90 Å². The van der Waals surface area contributed by atoms with E-state index in [4.69, 9.17) is 4.74 Å². The van der Waals surface area contributed by atoms with Crippen molar-refractivity contribution in [3.05, 3.63) is 35.4 Å². The summed E-state index contributed by atoms with van der Waals surface area (Å²) in [5, 5.41) is 2.74. The Labute approximate surface area is 180 Å². The first-order chi connectivity index (χ1) is 14.5. The largest absolute Gasteiger partial charge is 0.376 e. The summed E-state index contributed by atoms with van der Waals surface area (Å²) in [5.41, 5.74) is 2.76. The molecule has 2 amide bonds. The number of carbonyl (C=O) groups is 2. The van der Waals surface area contributed by atoms with Gasteiger partial charge in [0.2, 0.25) is 11.8 Å². The fourth-order valence-corrected chi connectivity index (χ4v) is 4.48. The van der Waals surface area contributed by atoms with Crippen LogP contribution in [0, 0.1) is 12.8 Å². The highest BCUT2D eigenvalue weighted by Crippen LogP contribution is 2.22. The van der Waals surface area contributed by atoms with E-state index in [1.54, 1.807) is 0 Å². The van der Waals surface area contributed by atoms with Gasteiger partial charge in [0.15, 0.2) is 0 Å². The third-order valence-corrected chi connectivity index (χ3v) is 6.35. The van der Waals surface area contributed by atoms with E-state index in [2.05, 4.69) is 41.4 Å². The first kappa shape index (κ1) is 22.8. The Morgan fingerprint density at radius 1 is 1.17 bits per heavy atom. The summed E-state index contributed by atoms with van der Waals surface area (Å²) in [6, 6.07) is 8.61. The van der Waals surface area contributed by atoms with Gasteiger partial charge in [-0.1, -0.05) is 24.3 Å². The molecule has 0 unspecified atom stereocenters. The number of rotatable bonds is 9. The molecule has 1 aromatic carbocycles. The highest BCUT2D eigenvalue weighted by Gasteiger charge is 2.27. The number of hydrogen-bond donors (Lipinski definition) is 1. The monoisotopic (exact) mass is 415 g/mol. The molecule has 0 aromatic heterocycles. The maximum absolute atomic E-state index is 12.8. The molecular formula is C24H37N3O3. The maximum atomic E-state index is 12.8. The SMILES string of the molecule is CC(=O)NCCC(=O)N(CC1CCN(Cc2ccccc2C)CC1)C[C@@H]1CCCO1. The number of aryl methyl sites for hydroxylation is 1. The van der Waals surface area contributed by atoms with Crippen LogP contribution in [0.2, 0.25) is 0 Å². The number of nitrogens with zero attached hydrogens (tertiary/aromatic N) is 2. The molecule has 1 N–H and O–H groups in total. The van der Waals surface area contributed by atoms with Crippen LogP contribution in [0.3, 0.4) is 0 Å². The van der Waals surface area contributed by atoms with Gasteiger partial charge in [-0.2, -0.15) is 0 Å². The molecule has 0 saturated carbocycles. The zero-order valence-electron chi connectivity index (χ0n) is 18.6. The number of amides is 2. The maximum Gasteiger partial charge on any atom is 0.224 e. The van der Waals surface area contributed by atoms with Crippen molar-refractivity contribution in [2.24, 2.45) is 5.92 Å². The summed E-state index contributed by atoms with van der Waals surface area (Å²) in [4.78, 5) is 28.5. The van der Waals surface area contributed by atoms with Crippen molar-refractivity contribution in [2.75, 3.05) is 39.3 Å². The van der Waals surface area contributed by atoms with E-state index in [-0.39, 0.29) is 17.9 Å². The lowest BCUT2D eigenvalue weighted by Gasteiger charge is -2.36. The average molecular weight is 416 g/mol. The predicted molar refractivity (Wildman–Crippen MR) is 118 cm³/mol. The Hall–Kier alpha value is -1.92. The first-order valence-electron chi connectivity index (χ1n) is 11.4. The normalized spacial score (nSPS) is 20.3. The van der Waals surface area contributed by atoms with Gasteiger partial charge in [-0.05, 0) is 62.7 Å². The van der Waals surface area contributed by atoms with Crippen LogP contribution in [-0.2, 0) is 20.9 Å². The van der Waals surface area contributed by atoms with Gasteiger partial charge in [-0.15, -0.1) is 0 Å². The van der Waals surface area contributed by atoms with Gasteiger partial charge in [0.25, 0.3) is 0 Å². The van der Waals surface area contributed by atoms with Crippen LogP contribution in [-0.4, -0.2) is 67.0 Å². The topological polar surface area (TPSA) is 61.9 Å². The highest BCUT2D eigenvalue weighted by molar-refractivity contribution is 5.78. The van der Waals surface area contributed by atoms with Gasteiger partial charge >= 0.3 is 0 Å². The minimum Gasteiger partial charge on any atom is -0.376 e. The fourth-order valence-electron chi connectivity index (χ4n) is 4.48. The molecule has 2 fully saturated rings. The van der Waals surface area contributed by atoms with Gasteiger partial charge in [-0.25, -0.2) is 0 Å². The lowest BCUT2D eigenvalue weighted by atomic mass is 9.95. The van der Waals surface area contributed by atoms with Crippen LogP contribution in [0.5, 0.6) is 0 Å². The van der Waals surface area contributed by atoms with Crippen molar-refractivity contribution in [1.29, 1.82) is 0 Å². The Balaban J connectivity index is 1.49. The number of benzene rings is 1. The van der Waals surface area contributed by atoms with E-state index in [9.17, 15) is 9.59 Å². The number of hydrogen-bond acceptors (Lipinski definition) is 4. The zero-order chi connectivity index (χ0) is 21.3. The molecule has 2 heterocycles. The summed E-state index contributed by atoms with van der Waals surface area (Å²) in [5.74, 6) is 0.570. The third kappa shape index (κ3) is 7.10. The highest BCUT2D eigenvalue weighted by atomic mass is 16.5. The van der Waals surface area contributed by atoms with E-state index in [1.165, 1.54) is 18.1 Å². The van der Waals surface area contributed by atoms with Crippen LogP contribution in [0.4, 0.5) is 0 Å². The van der Waals surface area contributed by atoms with E-state index in [0.717, 1.165) is 58.5 Å². The second-order valence-corrected chi connectivity index (χ2v) is 8.81. The van der Waals surface area contributed by atoms with Crippen molar-refractivity contribution >= 4 is 11.8 Å². The molecule has 0 spiro atoms. The Morgan fingerprint density at radius 2 is 1.93 bits per heavy atom. The molecule has 2 aliphatic heterocycles. The number of ether oxygens (including phenoxy) is 1. The second-order valence-electron chi connectivity index (χ2n) is 8.81. The summed E-state index contributed by atoms with van der Waals surface area (Å²) >= 11 is 0. The van der Waals surface area contributed by atoms with Gasteiger partial charge in [0.1, 0.15) is 0 Å². The van der Waals surface area contributed by atoms with Crippen molar-refractivity contribution in [3.8, 4) is 0 Å². The second kappa shape index (κ2) is 11.5. The summed E-state index contributed by atoms with van der Waals surface area (Å²) in [6.45, 7) is 9.52. The summed E-state index contributed by atoms with van der Waals surface area (Å²) in [7, 11) is 0. The third-order valence-electron chi connectivity index (χ3n) is 6.35. The molecule has 166 valence electrons. The quantitative estimate of drug-likeness (QED) is 0.674. The van der Waals surface area contributed by atoms with Gasteiger partial charge in [0.05, 0.1) is 6.10 Å². The van der Waals surface area contributed by atoms with Crippen LogP contribution in [0.15, 0.2) is 24.3 Å². The van der Waals surface area contributed by atoms with Crippen molar-refractivity contribution in [3.63, 3.8) is 0 Å². The van der Waals surface area contributed by atoms with E-state index in [0.29, 0.717) is 25.4 Å². The molecule has 1 atom stereocenters. The van der Waals surface area contributed by atoms with Gasteiger partial charge in [-0.3, -0.25) is 14.5 Å². The van der Waals surface area contributed by atoms with Gasteiger partial charge in [0, 0.05) is 46.1 Å². The number of carbonyl (C=O) groups excluding carboxylic acids is 2. The minimum atomic E-state index is -0.0884. The fraction of sp³-hybridized carbons (Fsp3) is 0.667. The first-order valence-corrected chi connectivity index (χ1v) is 11.4. The number of piperidine rings is 1. The van der Waals surface area contributed by atoms with Crippen LogP contribution < -0.4 is 5.32 Å². The Kier molecular flexibility index (Phi) is 8.70. The molecule has 0 bridgehead atoms. The van der Waals surface area contributed by atoms with E-state index >= 15 is 0 Å². The number of nitrogens with one attached hydrogen (secondary N) is 1. The Morgan fingerprint density at radius 3 is 2.60 bits per heavy atom. The van der Waals surface area contributed by atoms with Crippen molar-refractivity contribution in [1.82, 2.24) is 15.1 Å². The predicted octanol–water partition coefficient (Wildman–Crippen LogP) is 2.74. The van der Waals surface area contributed by atoms with Crippen molar-refractivity contribution < 1.29 is 14.3 Å². The molecule has 30 heavy (non-hydrogen) atoms. The molecule has 0 radical (unpaired) electrons. The molecule has 2 saturated heterocycles. The van der Waals surface area contributed by atoms with Crippen molar-refractivity contribution in [2.45, 2.75) is 58.6 Å². The van der Waals surface area contributed by atoms with Crippen LogP contribution in [0.25, 0.3) is 0 Å². The molecule has 0 aliphatic carbocycles.